The van der Waals surface area contributed by atoms with Crippen LogP contribution in [-0.2, 0) is 0 Å². The van der Waals surface area contributed by atoms with Gasteiger partial charge in [-0.2, -0.15) is 5.10 Å². The van der Waals surface area contributed by atoms with Gasteiger partial charge in [0.05, 0.1) is 12.3 Å². The molecule has 2 N–H and O–H groups in total. The van der Waals surface area contributed by atoms with E-state index >= 15 is 0 Å². The monoisotopic (exact) mass is 416 g/mol. The minimum atomic E-state index is 0.709. The van der Waals surface area contributed by atoms with Crippen LogP contribution in [0.3, 0.4) is 0 Å². The van der Waals surface area contributed by atoms with Crippen molar-refractivity contribution in [2.24, 2.45) is 10.1 Å². The van der Waals surface area contributed by atoms with Gasteiger partial charge in [-0.05, 0) is 57.0 Å². The standard InChI is InChI=1S/C28H24N4/c1-3-7-25-19-21(9-13-23(25)5-1)11-15-27(31-32-28-29-17-18-30-28)16-12-22-10-14-24-6-2-4-8-26(24)20-22/h1-16,19-20H,17-18H2,(H2,29,30,32). The minimum absolute atomic E-state index is 0.709. The Hall–Kier alpha value is -4.18. The zero-order valence-corrected chi connectivity index (χ0v) is 17.7. The molecule has 0 aromatic heterocycles. The van der Waals surface area contributed by atoms with Crippen molar-refractivity contribution in [1.82, 2.24) is 10.7 Å². The first-order valence-electron chi connectivity index (χ1n) is 10.8. The molecule has 32 heavy (non-hydrogen) atoms. The van der Waals surface area contributed by atoms with Crippen molar-refractivity contribution in [3.05, 3.63) is 108 Å². The van der Waals surface area contributed by atoms with Crippen LogP contribution in [-0.4, -0.2) is 24.8 Å². The Morgan fingerprint density at radius 3 is 1.84 bits per heavy atom. The molecule has 0 saturated heterocycles. The lowest BCUT2D eigenvalue weighted by molar-refractivity contribution is 0.918. The highest BCUT2D eigenvalue weighted by atomic mass is 15.4. The van der Waals surface area contributed by atoms with Gasteiger partial charge in [-0.1, -0.05) is 84.9 Å². The lowest BCUT2D eigenvalue weighted by Crippen LogP contribution is -2.30. The number of nitrogens with zero attached hydrogens (tertiary/aromatic N) is 2. The second kappa shape index (κ2) is 9.31. The van der Waals surface area contributed by atoms with E-state index in [1.54, 1.807) is 0 Å². The molecule has 0 spiro atoms. The number of benzene rings is 4. The molecule has 4 nitrogen and oxygen atoms in total. The Morgan fingerprint density at radius 2 is 1.31 bits per heavy atom. The summed E-state index contributed by atoms with van der Waals surface area (Å²) in [6, 6.07) is 29.7. The number of hydrogen-bond acceptors (Lipinski definition) is 4. The number of fused-ring (bicyclic) bond motifs is 2. The van der Waals surface area contributed by atoms with E-state index in [0.717, 1.165) is 29.9 Å². The molecule has 0 aliphatic carbocycles. The Balaban J connectivity index is 1.41. The Labute approximate surface area is 187 Å². The van der Waals surface area contributed by atoms with Crippen molar-refractivity contribution < 1.29 is 0 Å². The second-order valence-corrected chi connectivity index (χ2v) is 7.69. The fourth-order valence-corrected chi connectivity index (χ4v) is 3.71. The SMILES string of the molecule is C(=Cc1ccc2ccccc2c1)C(C=Cc1ccc2ccccc2c1)=NNC1=NCCN1. The molecule has 1 heterocycles. The van der Waals surface area contributed by atoms with Crippen LogP contribution in [0.5, 0.6) is 0 Å². The van der Waals surface area contributed by atoms with Crippen LogP contribution in [0.15, 0.2) is 107 Å². The van der Waals surface area contributed by atoms with Gasteiger partial charge in [-0.25, -0.2) is 10.4 Å². The highest BCUT2D eigenvalue weighted by molar-refractivity contribution is 6.09. The van der Waals surface area contributed by atoms with Gasteiger partial charge < -0.3 is 5.32 Å². The summed E-state index contributed by atoms with van der Waals surface area (Å²) in [5.41, 5.74) is 6.11. The molecule has 0 radical (unpaired) electrons. The van der Waals surface area contributed by atoms with E-state index in [9.17, 15) is 0 Å². The largest absolute Gasteiger partial charge is 0.353 e. The number of guanidine groups is 1. The fourth-order valence-electron chi connectivity index (χ4n) is 3.71. The van der Waals surface area contributed by atoms with Gasteiger partial charge in [0.25, 0.3) is 0 Å². The molecule has 1 aliphatic heterocycles. The molecule has 4 aromatic rings. The number of rotatable bonds is 5. The number of allylic oxidation sites excluding steroid dienone is 2. The van der Waals surface area contributed by atoms with Crippen LogP contribution < -0.4 is 10.7 Å². The number of nitrogens with one attached hydrogen (secondary N) is 2. The summed E-state index contributed by atoms with van der Waals surface area (Å²) in [5, 5.41) is 12.7. The van der Waals surface area contributed by atoms with Crippen molar-refractivity contribution in [3.63, 3.8) is 0 Å². The van der Waals surface area contributed by atoms with Gasteiger partial charge in [0.2, 0.25) is 5.96 Å². The maximum atomic E-state index is 4.56. The Morgan fingerprint density at radius 1 is 0.750 bits per heavy atom. The highest BCUT2D eigenvalue weighted by Gasteiger charge is 2.02. The minimum Gasteiger partial charge on any atom is -0.353 e. The quantitative estimate of drug-likeness (QED) is 0.327. The summed E-state index contributed by atoms with van der Waals surface area (Å²) < 4.78 is 0. The third-order valence-corrected chi connectivity index (χ3v) is 5.41. The third-order valence-electron chi connectivity index (χ3n) is 5.41. The summed E-state index contributed by atoms with van der Waals surface area (Å²) in [6.07, 6.45) is 8.21. The van der Waals surface area contributed by atoms with Gasteiger partial charge >= 0.3 is 0 Å². The zero-order chi connectivity index (χ0) is 21.6. The van der Waals surface area contributed by atoms with Crippen molar-refractivity contribution in [2.45, 2.75) is 0 Å². The van der Waals surface area contributed by atoms with Crippen molar-refractivity contribution in [1.29, 1.82) is 0 Å². The molecule has 0 bridgehead atoms. The maximum Gasteiger partial charge on any atom is 0.212 e. The molecule has 156 valence electrons. The molecule has 1 aliphatic rings. The van der Waals surface area contributed by atoms with Gasteiger partial charge in [-0.3, -0.25) is 0 Å². The topological polar surface area (TPSA) is 48.8 Å². The first-order chi connectivity index (χ1) is 15.8. The van der Waals surface area contributed by atoms with Crippen LogP contribution in [0.25, 0.3) is 33.7 Å². The molecule has 0 unspecified atom stereocenters. The van der Waals surface area contributed by atoms with Crippen molar-refractivity contribution >= 4 is 45.4 Å². The lowest BCUT2D eigenvalue weighted by atomic mass is 10.1. The maximum absolute atomic E-state index is 4.56. The lowest BCUT2D eigenvalue weighted by Gasteiger charge is -2.03. The predicted molar refractivity (Wildman–Crippen MR) is 137 cm³/mol. The van der Waals surface area contributed by atoms with Gasteiger partial charge in [0.1, 0.15) is 0 Å². The van der Waals surface area contributed by atoms with Crippen LogP contribution in [0.1, 0.15) is 11.1 Å². The van der Waals surface area contributed by atoms with Crippen LogP contribution >= 0.6 is 0 Å². The fraction of sp³-hybridized carbons (Fsp3) is 0.0714. The number of aliphatic imine (C=N–C) groups is 1. The summed E-state index contributed by atoms with van der Waals surface area (Å²) in [4.78, 5) is 4.35. The molecule has 0 amide bonds. The first kappa shape index (κ1) is 19.8. The van der Waals surface area contributed by atoms with Gasteiger partial charge in [0, 0.05) is 6.54 Å². The Kier molecular flexibility index (Phi) is 5.75. The summed E-state index contributed by atoms with van der Waals surface area (Å²) in [7, 11) is 0. The normalized spacial score (nSPS) is 13.6. The summed E-state index contributed by atoms with van der Waals surface area (Å²) >= 11 is 0. The third kappa shape index (κ3) is 4.76. The summed E-state index contributed by atoms with van der Waals surface area (Å²) in [5.74, 6) is 0.709. The van der Waals surface area contributed by atoms with Crippen LogP contribution in [0.2, 0.25) is 0 Å². The van der Waals surface area contributed by atoms with E-state index in [-0.39, 0.29) is 0 Å². The molecule has 0 saturated carbocycles. The van der Waals surface area contributed by atoms with E-state index in [1.807, 2.05) is 12.2 Å². The second-order valence-electron chi connectivity index (χ2n) is 7.69. The zero-order valence-electron chi connectivity index (χ0n) is 17.7. The molecule has 4 aromatic carbocycles. The van der Waals surface area contributed by atoms with E-state index in [2.05, 4.69) is 118 Å². The average molecular weight is 417 g/mol. The number of hydrogen-bond donors (Lipinski definition) is 2. The molecule has 5 rings (SSSR count). The van der Waals surface area contributed by atoms with Crippen LogP contribution in [0.4, 0.5) is 0 Å². The van der Waals surface area contributed by atoms with Crippen molar-refractivity contribution in [3.8, 4) is 0 Å². The molecular formula is C28H24N4. The summed E-state index contributed by atoms with van der Waals surface area (Å²) in [6.45, 7) is 1.61. The van der Waals surface area contributed by atoms with E-state index in [0.29, 0.717) is 5.96 Å². The van der Waals surface area contributed by atoms with E-state index in [1.165, 1.54) is 21.5 Å². The predicted octanol–water partition coefficient (Wildman–Crippen LogP) is 5.62. The molecule has 0 fully saturated rings. The average Bonchev–Trinajstić information content (AvgIpc) is 3.37. The molecular weight excluding hydrogens is 392 g/mol. The van der Waals surface area contributed by atoms with E-state index < -0.39 is 0 Å². The Bertz CT molecular complexity index is 1290. The highest BCUT2D eigenvalue weighted by Crippen LogP contribution is 2.18. The van der Waals surface area contributed by atoms with E-state index in [4.69, 9.17) is 0 Å². The number of hydrazone groups is 1. The first-order valence-corrected chi connectivity index (χ1v) is 10.8. The molecule has 4 heteroatoms. The van der Waals surface area contributed by atoms with Gasteiger partial charge in [0.15, 0.2) is 0 Å². The van der Waals surface area contributed by atoms with Crippen molar-refractivity contribution in [2.75, 3.05) is 13.1 Å². The van der Waals surface area contributed by atoms with Crippen LogP contribution in [0, 0.1) is 0 Å². The molecule has 0 atom stereocenters. The van der Waals surface area contributed by atoms with Gasteiger partial charge in [-0.15, -0.1) is 0 Å². The smallest absolute Gasteiger partial charge is 0.212 e.